The van der Waals surface area contributed by atoms with E-state index in [0.717, 1.165) is 22.7 Å². The van der Waals surface area contributed by atoms with E-state index < -0.39 is 0 Å². The minimum absolute atomic E-state index is 0.132. The SMILES string of the molecule is CCn1c(SCn2nnc3ccccc3c2=O)nc2ccccc21. The van der Waals surface area contributed by atoms with Gasteiger partial charge in [-0.3, -0.25) is 4.79 Å². The molecule has 6 nitrogen and oxygen atoms in total. The van der Waals surface area contributed by atoms with Gasteiger partial charge >= 0.3 is 0 Å². The summed E-state index contributed by atoms with van der Waals surface area (Å²) in [5.41, 5.74) is 2.54. The van der Waals surface area contributed by atoms with Gasteiger partial charge in [0.25, 0.3) is 5.56 Å². The molecule has 2 heterocycles. The average Bonchev–Trinajstić information content (AvgIpc) is 2.99. The van der Waals surface area contributed by atoms with Crippen molar-refractivity contribution in [1.29, 1.82) is 0 Å². The van der Waals surface area contributed by atoms with Crippen LogP contribution in [0.3, 0.4) is 0 Å². The van der Waals surface area contributed by atoms with Crippen LogP contribution in [0.2, 0.25) is 0 Å². The Hall–Kier alpha value is -2.67. The van der Waals surface area contributed by atoms with Crippen LogP contribution in [-0.2, 0) is 12.4 Å². The molecule has 0 bridgehead atoms. The van der Waals surface area contributed by atoms with Crippen LogP contribution in [0.1, 0.15) is 6.92 Å². The van der Waals surface area contributed by atoms with Crippen molar-refractivity contribution in [2.24, 2.45) is 0 Å². The summed E-state index contributed by atoms with van der Waals surface area (Å²) >= 11 is 1.49. The fourth-order valence-corrected chi connectivity index (χ4v) is 3.65. The molecule has 2 aromatic carbocycles. The Kier molecular flexibility index (Phi) is 3.78. The monoisotopic (exact) mass is 337 g/mol. The lowest BCUT2D eigenvalue weighted by molar-refractivity contribution is 0.639. The van der Waals surface area contributed by atoms with Crippen LogP contribution in [0.25, 0.3) is 21.9 Å². The normalized spacial score (nSPS) is 11.4. The van der Waals surface area contributed by atoms with Crippen LogP contribution >= 0.6 is 11.8 Å². The Morgan fingerprint density at radius 2 is 1.79 bits per heavy atom. The maximum atomic E-state index is 12.5. The number of para-hydroxylation sites is 2. The van der Waals surface area contributed by atoms with Gasteiger partial charge in [-0.2, -0.15) is 4.68 Å². The van der Waals surface area contributed by atoms with Crippen molar-refractivity contribution in [1.82, 2.24) is 24.5 Å². The molecule has 2 aromatic heterocycles. The summed E-state index contributed by atoms with van der Waals surface area (Å²) in [5.74, 6) is 0.375. The molecule has 0 N–H and O–H groups in total. The minimum atomic E-state index is -0.132. The van der Waals surface area contributed by atoms with Gasteiger partial charge in [-0.25, -0.2) is 4.98 Å². The summed E-state index contributed by atoms with van der Waals surface area (Å²) in [4.78, 5) is 17.1. The zero-order valence-electron chi connectivity index (χ0n) is 13.1. The molecule has 0 fully saturated rings. The van der Waals surface area contributed by atoms with E-state index in [1.165, 1.54) is 16.4 Å². The molecule has 24 heavy (non-hydrogen) atoms. The topological polar surface area (TPSA) is 65.6 Å². The number of aryl methyl sites for hydroxylation is 1. The third-order valence-corrected chi connectivity index (χ3v) is 4.82. The first-order valence-electron chi connectivity index (χ1n) is 7.68. The molecule has 0 radical (unpaired) electrons. The van der Waals surface area contributed by atoms with Gasteiger partial charge in [0.15, 0.2) is 5.16 Å². The van der Waals surface area contributed by atoms with E-state index in [1.807, 2.05) is 30.3 Å². The number of rotatable bonds is 4. The molecule has 4 rings (SSSR count). The van der Waals surface area contributed by atoms with Gasteiger partial charge in [0, 0.05) is 6.54 Å². The first kappa shape index (κ1) is 14.9. The van der Waals surface area contributed by atoms with E-state index in [1.54, 1.807) is 12.1 Å². The van der Waals surface area contributed by atoms with Crippen LogP contribution in [0, 0.1) is 0 Å². The quantitative estimate of drug-likeness (QED) is 0.536. The van der Waals surface area contributed by atoms with Crippen LogP contribution in [0.5, 0.6) is 0 Å². The second-order valence-electron chi connectivity index (χ2n) is 5.31. The molecule has 7 heteroatoms. The van der Waals surface area contributed by atoms with Crippen LogP contribution in [-0.4, -0.2) is 24.5 Å². The maximum Gasteiger partial charge on any atom is 0.278 e. The highest BCUT2D eigenvalue weighted by atomic mass is 32.2. The molecule has 0 aliphatic carbocycles. The molecule has 0 amide bonds. The number of thioether (sulfide) groups is 1. The first-order chi connectivity index (χ1) is 11.8. The van der Waals surface area contributed by atoms with Crippen molar-refractivity contribution in [2.75, 3.05) is 0 Å². The molecule has 0 saturated carbocycles. The van der Waals surface area contributed by atoms with Gasteiger partial charge in [0.1, 0.15) is 5.52 Å². The largest absolute Gasteiger partial charge is 0.319 e. The summed E-state index contributed by atoms with van der Waals surface area (Å²) in [6, 6.07) is 15.3. The predicted octanol–water partition coefficient (Wildman–Crippen LogP) is 2.91. The lowest BCUT2D eigenvalue weighted by Gasteiger charge is -2.06. The van der Waals surface area contributed by atoms with Crippen molar-refractivity contribution < 1.29 is 0 Å². The number of aromatic nitrogens is 5. The van der Waals surface area contributed by atoms with Crippen LogP contribution in [0.4, 0.5) is 0 Å². The van der Waals surface area contributed by atoms with Gasteiger partial charge in [-0.1, -0.05) is 41.2 Å². The Morgan fingerprint density at radius 3 is 2.62 bits per heavy atom. The molecule has 4 aromatic rings. The lowest BCUT2D eigenvalue weighted by Crippen LogP contribution is -2.23. The second-order valence-corrected chi connectivity index (χ2v) is 6.22. The molecule has 0 aliphatic rings. The van der Waals surface area contributed by atoms with Crippen molar-refractivity contribution in [3.63, 3.8) is 0 Å². The molecule has 120 valence electrons. The van der Waals surface area contributed by atoms with E-state index >= 15 is 0 Å². The summed E-state index contributed by atoms with van der Waals surface area (Å²) in [6.07, 6.45) is 0. The highest BCUT2D eigenvalue weighted by Gasteiger charge is 2.11. The smallest absolute Gasteiger partial charge is 0.278 e. The zero-order chi connectivity index (χ0) is 16.5. The van der Waals surface area contributed by atoms with Gasteiger partial charge in [-0.15, -0.1) is 5.10 Å². The maximum absolute atomic E-state index is 12.5. The summed E-state index contributed by atoms with van der Waals surface area (Å²) in [6.45, 7) is 2.90. The fraction of sp³-hybridized carbons (Fsp3) is 0.176. The highest BCUT2D eigenvalue weighted by molar-refractivity contribution is 7.98. The first-order valence-corrected chi connectivity index (χ1v) is 8.67. The van der Waals surface area contributed by atoms with Crippen molar-refractivity contribution >= 4 is 33.7 Å². The molecular formula is C17H15N5OS. The van der Waals surface area contributed by atoms with Gasteiger partial charge in [0.2, 0.25) is 0 Å². The Balaban J connectivity index is 1.68. The van der Waals surface area contributed by atoms with E-state index in [2.05, 4.69) is 32.9 Å². The zero-order valence-corrected chi connectivity index (χ0v) is 13.9. The Morgan fingerprint density at radius 1 is 1.04 bits per heavy atom. The minimum Gasteiger partial charge on any atom is -0.319 e. The molecular weight excluding hydrogens is 322 g/mol. The van der Waals surface area contributed by atoms with Gasteiger partial charge in [-0.05, 0) is 31.2 Å². The van der Waals surface area contributed by atoms with E-state index in [4.69, 9.17) is 0 Å². The lowest BCUT2D eigenvalue weighted by atomic mass is 10.2. The van der Waals surface area contributed by atoms with E-state index in [0.29, 0.717) is 16.8 Å². The van der Waals surface area contributed by atoms with Crippen molar-refractivity contribution in [3.8, 4) is 0 Å². The predicted molar refractivity (Wildman–Crippen MR) is 95.1 cm³/mol. The summed E-state index contributed by atoms with van der Waals surface area (Å²) in [7, 11) is 0. The summed E-state index contributed by atoms with van der Waals surface area (Å²) in [5, 5.41) is 9.60. The van der Waals surface area contributed by atoms with E-state index in [9.17, 15) is 4.79 Å². The Bertz CT molecular complexity index is 1090. The average molecular weight is 337 g/mol. The van der Waals surface area contributed by atoms with Gasteiger partial charge < -0.3 is 4.57 Å². The van der Waals surface area contributed by atoms with Crippen LogP contribution < -0.4 is 5.56 Å². The molecule has 0 unspecified atom stereocenters. The number of imidazole rings is 1. The third kappa shape index (κ3) is 2.46. The van der Waals surface area contributed by atoms with Crippen molar-refractivity contribution in [3.05, 3.63) is 58.9 Å². The number of hydrogen-bond donors (Lipinski definition) is 0. The number of benzene rings is 2. The third-order valence-electron chi connectivity index (χ3n) is 3.88. The second kappa shape index (κ2) is 6.09. The Labute approximate surface area is 142 Å². The highest BCUT2D eigenvalue weighted by Crippen LogP contribution is 2.24. The fourth-order valence-electron chi connectivity index (χ4n) is 2.70. The molecule has 0 aliphatic heterocycles. The number of nitrogens with zero attached hydrogens (tertiary/aromatic N) is 5. The van der Waals surface area contributed by atoms with Crippen molar-refractivity contribution in [2.45, 2.75) is 24.5 Å². The molecule has 0 spiro atoms. The number of hydrogen-bond acceptors (Lipinski definition) is 5. The van der Waals surface area contributed by atoms with E-state index in [-0.39, 0.29) is 5.56 Å². The number of fused-ring (bicyclic) bond motifs is 2. The van der Waals surface area contributed by atoms with Gasteiger partial charge in [0.05, 0.1) is 22.3 Å². The standard InChI is InChI=1S/C17H15N5OS/c1-2-21-15-10-6-5-9-14(15)18-17(21)24-11-22-16(23)12-7-3-4-8-13(12)19-20-22/h3-10H,2,11H2,1H3. The summed E-state index contributed by atoms with van der Waals surface area (Å²) < 4.78 is 3.52. The molecule has 0 saturated heterocycles. The van der Waals surface area contributed by atoms with Crippen LogP contribution in [0.15, 0.2) is 58.5 Å². The molecule has 0 atom stereocenters.